The maximum absolute atomic E-state index is 5.96. The largest absolute Gasteiger partial charge is 0.490 e. The SMILES string of the molecule is CCOc1ccccc1OC(CN)C(C)(C)C. The molecule has 1 rings (SSSR count). The Morgan fingerprint density at radius 2 is 1.76 bits per heavy atom. The van der Waals surface area contributed by atoms with Crippen LogP contribution >= 0.6 is 0 Å². The number of ether oxygens (including phenoxy) is 2. The van der Waals surface area contributed by atoms with Gasteiger partial charge < -0.3 is 15.2 Å². The van der Waals surface area contributed by atoms with E-state index >= 15 is 0 Å². The van der Waals surface area contributed by atoms with E-state index in [0.29, 0.717) is 13.2 Å². The Morgan fingerprint density at radius 3 is 2.24 bits per heavy atom. The second-order valence-electron chi connectivity index (χ2n) is 5.09. The molecule has 0 aliphatic heterocycles. The van der Waals surface area contributed by atoms with Gasteiger partial charge in [-0.05, 0) is 19.1 Å². The number of hydrogen-bond donors (Lipinski definition) is 1. The van der Waals surface area contributed by atoms with Gasteiger partial charge in [-0.25, -0.2) is 0 Å². The van der Waals surface area contributed by atoms with Crippen molar-refractivity contribution in [2.24, 2.45) is 11.1 Å². The number of benzene rings is 1. The molecule has 0 bridgehead atoms. The van der Waals surface area contributed by atoms with Crippen LogP contribution in [0.2, 0.25) is 0 Å². The monoisotopic (exact) mass is 237 g/mol. The second kappa shape index (κ2) is 5.92. The third-order valence-corrected chi connectivity index (χ3v) is 2.60. The summed E-state index contributed by atoms with van der Waals surface area (Å²) >= 11 is 0. The van der Waals surface area contributed by atoms with Crippen molar-refractivity contribution in [2.75, 3.05) is 13.2 Å². The Morgan fingerprint density at radius 1 is 1.18 bits per heavy atom. The van der Waals surface area contributed by atoms with Crippen LogP contribution in [-0.2, 0) is 0 Å². The average Bonchev–Trinajstić information content (AvgIpc) is 2.26. The van der Waals surface area contributed by atoms with Gasteiger partial charge in [-0.15, -0.1) is 0 Å². The standard InChI is InChI=1S/C14H23NO2/c1-5-16-11-8-6-7-9-12(11)17-13(10-15)14(2,3)4/h6-9,13H,5,10,15H2,1-4H3. The summed E-state index contributed by atoms with van der Waals surface area (Å²) in [5, 5.41) is 0. The van der Waals surface area contributed by atoms with Crippen LogP contribution in [0, 0.1) is 5.41 Å². The van der Waals surface area contributed by atoms with Gasteiger partial charge in [0, 0.05) is 12.0 Å². The van der Waals surface area contributed by atoms with Crippen LogP contribution in [0.3, 0.4) is 0 Å². The molecule has 1 aromatic carbocycles. The van der Waals surface area contributed by atoms with Crippen molar-refractivity contribution in [3.8, 4) is 11.5 Å². The van der Waals surface area contributed by atoms with Crippen LogP contribution in [0.4, 0.5) is 0 Å². The van der Waals surface area contributed by atoms with Crippen molar-refractivity contribution in [2.45, 2.75) is 33.8 Å². The van der Waals surface area contributed by atoms with E-state index in [4.69, 9.17) is 15.2 Å². The lowest BCUT2D eigenvalue weighted by atomic mass is 9.89. The van der Waals surface area contributed by atoms with Crippen molar-refractivity contribution in [3.05, 3.63) is 24.3 Å². The van der Waals surface area contributed by atoms with Crippen LogP contribution in [0.5, 0.6) is 11.5 Å². The fourth-order valence-electron chi connectivity index (χ4n) is 1.55. The Balaban J connectivity index is 2.86. The molecular formula is C14H23NO2. The second-order valence-corrected chi connectivity index (χ2v) is 5.09. The summed E-state index contributed by atoms with van der Waals surface area (Å²) < 4.78 is 11.5. The minimum absolute atomic E-state index is 0.00801. The molecule has 0 fully saturated rings. The van der Waals surface area contributed by atoms with Crippen LogP contribution in [0.25, 0.3) is 0 Å². The van der Waals surface area contributed by atoms with E-state index in [9.17, 15) is 0 Å². The van der Waals surface area contributed by atoms with E-state index in [2.05, 4.69) is 20.8 Å². The molecular weight excluding hydrogens is 214 g/mol. The Kier molecular flexibility index (Phi) is 4.82. The molecule has 3 nitrogen and oxygen atoms in total. The third kappa shape index (κ3) is 3.93. The molecule has 96 valence electrons. The predicted octanol–water partition coefficient (Wildman–Crippen LogP) is 2.84. The number of para-hydroxylation sites is 2. The quantitative estimate of drug-likeness (QED) is 0.856. The minimum atomic E-state index is -0.0240. The molecule has 0 aliphatic carbocycles. The minimum Gasteiger partial charge on any atom is -0.490 e. The highest BCUT2D eigenvalue weighted by Crippen LogP contribution is 2.31. The average molecular weight is 237 g/mol. The molecule has 0 saturated heterocycles. The number of rotatable bonds is 5. The molecule has 0 saturated carbocycles. The van der Waals surface area contributed by atoms with Crippen LogP contribution in [-0.4, -0.2) is 19.3 Å². The smallest absolute Gasteiger partial charge is 0.161 e. The van der Waals surface area contributed by atoms with Gasteiger partial charge >= 0.3 is 0 Å². The normalized spacial score (nSPS) is 13.2. The fourth-order valence-corrected chi connectivity index (χ4v) is 1.55. The van der Waals surface area contributed by atoms with E-state index < -0.39 is 0 Å². The summed E-state index contributed by atoms with van der Waals surface area (Å²) in [6.45, 7) is 9.43. The van der Waals surface area contributed by atoms with Gasteiger partial charge in [0.1, 0.15) is 6.10 Å². The lowest BCUT2D eigenvalue weighted by Crippen LogP contribution is -2.38. The molecule has 17 heavy (non-hydrogen) atoms. The zero-order valence-electron chi connectivity index (χ0n) is 11.2. The molecule has 0 heterocycles. The first kappa shape index (κ1) is 13.8. The molecule has 1 atom stereocenters. The van der Waals surface area contributed by atoms with Gasteiger partial charge in [-0.1, -0.05) is 32.9 Å². The van der Waals surface area contributed by atoms with E-state index in [-0.39, 0.29) is 11.5 Å². The summed E-state index contributed by atoms with van der Waals surface area (Å²) in [6, 6.07) is 7.70. The topological polar surface area (TPSA) is 44.5 Å². The lowest BCUT2D eigenvalue weighted by Gasteiger charge is -2.30. The zero-order valence-corrected chi connectivity index (χ0v) is 11.2. The van der Waals surface area contributed by atoms with E-state index in [1.165, 1.54) is 0 Å². The maximum Gasteiger partial charge on any atom is 0.161 e. The van der Waals surface area contributed by atoms with Crippen molar-refractivity contribution >= 4 is 0 Å². The highest BCUT2D eigenvalue weighted by Gasteiger charge is 2.25. The van der Waals surface area contributed by atoms with Gasteiger partial charge in [-0.2, -0.15) is 0 Å². The molecule has 0 spiro atoms. The molecule has 0 radical (unpaired) electrons. The van der Waals surface area contributed by atoms with Gasteiger partial charge in [0.25, 0.3) is 0 Å². The Bertz CT molecular complexity index is 344. The Labute approximate surface area is 104 Å². The van der Waals surface area contributed by atoms with Crippen molar-refractivity contribution < 1.29 is 9.47 Å². The molecule has 1 aromatic rings. The molecule has 1 unspecified atom stereocenters. The van der Waals surface area contributed by atoms with Gasteiger partial charge in [-0.3, -0.25) is 0 Å². The summed E-state index contributed by atoms with van der Waals surface area (Å²) in [5.74, 6) is 1.54. The van der Waals surface area contributed by atoms with Crippen LogP contribution in [0.15, 0.2) is 24.3 Å². The first-order chi connectivity index (χ1) is 7.99. The van der Waals surface area contributed by atoms with E-state index in [1.807, 2.05) is 31.2 Å². The van der Waals surface area contributed by atoms with Gasteiger partial charge in [0.15, 0.2) is 11.5 Å². The van der Waals surface area contributed by atoms with Crippen LogP contribution < -0.4 is 15.2 Å². The molecule has 0 amide bonds. The predicted molar refractivity (Wildman–Crippen MR) is 70.5 cm³/mol. The van der Waals surface area contributed by atoms with Crippen molar-refractivity contribution in [1.29, 1.82) is 0 Å². The highest BCUT2D eigenvalue weighted by atomic mass is 16.5. The summed E-state index contributed by atoms with van der Waals surface area (Å²) in [4.78, 5) is 0. The van der Waals surface area contributed by atoms with Gasteiger partial charge in [0.05, 0.1) is 6.61 Å². The summed E-state index contributed by atoms with van der Waals surface area (Å²) in [5.41, 5.74) is 5.77. The highest BCUT2D eigenvalue weighted by molar-refractivity contribution is 5.39. The first-order valence-corrected chi connectivity index (χ1v) is 6.07. The lowest BCUT2D eigenvalue weighted by molar-refractivity contribution is 0.0901. The number of nitrogens with two attached hydrogens (primary N) is 1. The summed E-state index contributed by atoms with van der Waals surface area (Å²) in [7, 11) is 0. The third-order valence-electron chi connectivity index (χ3n) is 2.60. The maximum atomic E-state index is 5.96. The molecule has 3 heteroatoms. The van der Waals surface area contributed by atoms with E-state index in [0.717, 1.165) is 11.5 Å². The summed E-state index contributed by atoms with van der Waals surface area (Å²) in [6.07, 6.45) is -0.0240. The number of hydrogen-bond acceptors (Lipinski definition) is 3. The molecule has 0 aliphatic rings. The zero-order chi connectivity index (χ0) is 12.9. The molecule has 0 aromatic heterocycles. The fraction of sp³-hybridized carbons (Fsp3) is 0.571. The Hall–Kier alpha value is -1.22. The van der Waals surface area contributed by atoms with Crippen LogP contribution in [0.1, 0.15) is 27.7 Å². The van der Waals surface area contributed by atoms with E-state index in [1.54, 1.807) is 0 Å². The molecule has 2 N–H and O–H groups in total. The van der Waals surface area contributed by atoms with Crippen molar-refractivity contribution in [3.63, 3.8) is 0 Å². The van der Waals surface area contributed by atoms with Crippen molar-refractivity contribution in [1.82, 2.24) is 0 Å². The first-order valence-electron chi connectivity index (χ1n) is 6.07. The van der Waals surface area contributed by atoms with Gasteiger partial charge in [0.2, 0.25) is 0 Å².